The SMILES string of the molecule is O=C(O)c1cccc(N2CCC(Nc3ccc(F)cc3)CC2)n1. The van der Waals surface area contributed by atoms with Crippen molar-refractivity contribution in [3.05, 3.63) is 54.0 Å². The molecule has 6 heteroatoms. The Bertz CT molecular complexity index is 682. The Kier molecular flexibility index (Phi) is 4.41. The number of anilines is 2. The first kappa shape index (κ1) is 15.3. The van der Waals surface area contributed by atoms with Gasteiger partial charge in [0.05, 0.1) is 0 Å². The highest BCUT2D eigenvalue weighted by atomic mass is 19.1. The number of halogens is 1. The molecule has 1 aliphatic heterocycles. The molecular formula is C17H18FN3O2. The van der Waals surface area contributed by atoms with Crippen molar-refractivity contribution in [3.63, 3.8) is 0 Å². The summed E-state index contributed by atoms with van der Waals surface area (Å²) in [6, 6.07) is 11.7. The number of hydrogen-bond donors (Lipinski definition) is 2. The molecule has 0 spiro atoms. The molecule has 1 aromatic carbocycles. The predicted molar refractivity (Wildman–Crippen MR) is 86.5 cm³/mol. The highest BCUT2D eigenvalue weighted by Gasteiger charge is 2.20. The lowest BCUT2D eigenvalue weighted by Gasteiger charge is -2.33. The number of hydrogen-bond acceptors (Lipinski definition) is 4. The van der Waals surface area contributed by atoms with Gasteiger partial charge in [-0.2, -0.15) is 0 Å². The number of nitrogens with one attached hydrogen (secondary N) is 1. The molecule has 0 unspecified atom stereocenters. The zero-order valence-electron chi connectivity index (χ0n) is 12.6. The predicted octanol–water partition coefficient (Wildman–Crippen LogP) is 3.00. The summed E-state index contributed by atoms with van der Waals surface area (Å²) in [6.45, 7) is 1.60. The van der Waals surface area contributed by atoms with E-state index in [9.17, 15) is 9.18 Å². The maximum Gasteiger partial charge on any atom is 0.354 e. The Labute approximate surface area is 133 Å². The summed E-state index contributed by atoms with van der Waals surface area (Å²) in [7, 11) is 0. The van der Waals surface area contributed by atoms with Crippen LogP contribution in [0.3, 0.4) is 0 Å². The van der Waals surface area contributed by atoms with Crippen LogP contribution < -0.4 is 10.2 Å². The third kappa shape index (κ3) is 3.77. The van der Waals surface area contributed by atoms with Crippen LogP contribution in [-0.2, 0) is 0 Å². The van der Waals surface area contributed by atoms with Crippen molar-refractivity contribution in [1.29, 1.82) is 0 Å². The lowest BCUT2D eigenvalue weighted by atomic mass is 10.0. The molecule has 120 valence electrons. The number of aromatic carboxylic acids is 1. The van der Waals surface area contributed by atoms with Gasteiger partial charge in [0.2, 0.25) is 0 Å². The number of carboxylic acid groups (broad SMARTS) is 1. The van der Waals surface area contributed by atoms with Crippen LogP contribution >= 0.6 is 0 Å². The van der Waals surface area contributed by atoms with Gasteiger partial charge in [-0.25, -0.2) is 14.2 Å². The van der Waals surface area contributed by atoms with Gasteiger partial charge in [0.25, 0.3) is 0 Å². The summed E-state index contributed by atoms with van der Waals surface area (Å²) >= 11 is 0. The van der Waals surface area contributed by atoms with Gasteiger partial charge in [-0.1, -0.05) is 6.07 Å². The van der Waals surface area contributed by atoms with Crippen molar-refractivity contribution < 1.29 is 14.3 Å². The minimum Gasteiger partial charge on any atom is -0.477 e. The summed E-state index contributed by atoms with van der Waals surface area (Å²) in [5.74, 6) is -0.556. The molecule has 1 aliphatic rings. The van der Waals surface area contributed by atoms with E-state index in [0.29, 0.717) is 11.9 Å². The Morgan fingerprint density at radius 1 is 1.17 bits per heavy atom. The van der Waals surface area contributed by atoms with E-state index in [0.717, 1.165) is 31.6 Å². The van der Waals surface area contributed by atoms with Gasteiger partial charge < -0.3 is 15.3 Å². The topological polar surface area (TPSA) is 65.5 Å². The highest BCUT2D eigenvalue weighted by Crippen LogP contribution is 2.21. The minimum absolute atomic E-state index is 0.0639. The van der Waals surface area contributed by atoms with E-state index < -0.39 is 5.97 Å². The van der Waals surface area contributed by atoms with Crippen molar-refractivity contribution in [3.8, 4) is 0 Å². The second-order valence-electron chi connectivity index (χ2n) is 5.60. The fourth-order valence-electron chi connectivity index (χ4n) is 2.75. The zero-order chi connectivity index (χ0) is 16.2. The number of rotatable bonds is 4. The fraction of sp³-hybridized carbons (Fsp3) is 0.294. The fourth-order valence-corrected chi connectivity index (χ4v) is 2.75. The summed E-state index contributed by atoms with van der Waals surface area (Å²) in [4.78, 5) is 17.3. The zero-order valence-corrected chi connectivity index (χ0v) is 12.6. The molecule has 5 nitrogen and oxygen atoms in total. The van der Waals surface area contributed by atoms with Crippen LogP contribution in [0.15, 0.2) is 42.5 Å². The van der Waals surface area contributed by atoms with E-state index in [-0.39, 0.29) is 11.5 Å². The molecule has 0 aliphatic carbocycles. The molecule has 0 radical (unpaired) electrons. The van der Waals surface area contributed by atoms with Crippen LogP contribution in [0, 0.1) is 5.82 Å². The molecule has 2 heterocycles. The van der Waals surface area contributed by atoms with E-state index in [4.69, 9.17) is 5.11 Å². The molecule has 1 aromatic heterocycles. The lowest BCUT2D eigenvalue weighted by molar-refractivity contribution is 0.0690. The first-order valence-electron chi connectivity index (χ1n) is 7.59. The standard InChI is InChI=1S/C17H18FN3O2/c18-12-4-6-13(7-5-12)19-14-8-10-21(11-9-14)16-3-1-2-15(20-16)17(22)23/h1-7,14,19H,8-11H2,(H,22,23). The molecule has 1 fully saturated rings. The third-order valence-corrected chi connectivity index (χ3v) is 3.99. The number of pyridine rings is 1. The number of piperidine rings is 1. The molecule has 0 saturated carbocycles. The smallest absolute Gasteiger partial charge is 0.354 e. The first-order valence-corrected chi connectivity index (χ1v) is 7.59. The molecular weight excluding hydrogens is 297 g/mol. The van der Waals surface area contributed by atoms with Gasteiger partial charge in [-0.05, 0) is 49.2 Å². The van der Waals surface area contributed by atoms with Crippen LogP contribution in [0.1, 0.15) is 23.3 Å². The van der Waals surface area contributed by atoms with Crippen LogP contribution in [0.4, 0.5) is 15.9 Å². The van der Waals surface area contributed by atoms with Crippen molar-refractivity contribution in [2.75, 3.05) is 23.3 Å². The number of benzene rings is 1. The molecule has 2 aromatic rings. The normalized spacial score (nSPS) is 15.4. The first-order chi connectivity index (χ1) is 11.1. The quantitative estimate of drug-likeness (QED) is 0.908. The molecule has 0 amide bonds. The van der Waals surface area contributed by atoms with E-state index in [1.807, 2.05) is 6.07 Å². The number of aromatic nitrogens is 1. The maximum atomic E-state index is 12.9. The summed E-state index contributed by atoms with van der Waals surface area (Å²) in [5, 5.41) is 12.4. The summed E-state index contributed by atoms with van der Waals surface area (Å²) in [5.41, 5.74) is 0.977. The average molecular weight is 315 g/mol. The second kappa shape index (κ2) is 6.64. The summed E-state index contributed by atoms with van der Waals surface area (Å²) < 4.78 is 12.9. The van der Waals surface area contributed by atoms with E-state index in [1.165, 1.54) is 18.2 Å². The maximum absolute atomic E-state index is 12.9. The molecule has 1 saturated heterocycles. The van der Waals surface area contributed by atoms with Gasteiger partial charge in [-0.15, -0.1) is 0 Å². The van der Waals surface area contributed by atoms with Crippen LogP contribution in [-0.4, -0.2) is 35.2 Å². The molecule has 2 N–H and O–H groups in total. The second-order valence-corrected chi connectivity index (χ2v) is 5.60. The molecule has 0 atom stereocenters. The van der Waals surface area contributed by atoms with Crippen LogP contribution in [0.5, 0.6) is 0 Å². The van der Waals surface area contributed by atoms with Gasteiger partial charge >= 0.3 is 5.97 Å². The monoisotopic (exact) mass is 315 g/mol. The lowest BCUT2D eigenvalue weighted by Crippen LogP contribution is -2.39. The van der Waals surface area contributed by atoms with Crippen molar-refractivity contribution >= 4 is 17.5 Å². The summed E-state index contributed by atoms with van der Waals surface area (Å²) in [6.07, 6.45) is 1.83. The number of carbonyl (C=O) groups is 1. The van der Waals surface area contributed by atoms with Crippen LogP contribution in [0.2, 0.25) is 0 Å². The van der Waals surface area contributed by atoms with Crippen LogP contribution in [0.25, 0.3) is 0 Å². The highest BCUT2D eigenvalue weighted by molar-refractivity contribution is 5.85. The van der Waals surface area contributed by atoms with Gasteiger partial charge in [0, 0.05) is 24.8 Å². The Hall–Kier alpha value is -2.63. The van der Waals surface area contributed by atoms with E-state index >= 15 is 0 Å². The van der Waals surface area contributed by atoms with Crippen molar-refractivity contribution in [2.45, 2.75) is 18.9 Å². The third-order valence-electron chi connectivity index (χ3n) is 3.99. The minimum atomic E-state index is -1.01. The van der Waals surface area contributed by atoms with E-state index in [1.54, 1.807) is 18.2 Å². The number of carboxylic acids is 1. The van der Waals surface area contributed by atoms with E-state index in [2.05, 4.69) is 15.2 Å². The molecule has 23 heavy (non-hydrogen) atoms. The molecule has 0 bridgehead atoms. The largest absolute Gasteiger partial charge is 0.477 e. The number of nitrogens with zero attached hydrogens (tertiary/aromatic N) is 2. The Morgan fingerprint density at radius 3 is 2.52 bits per heavy atom. The molecule has 3 rings (SSSR count). The Balaban J connectivity index is 1.59. The van der Waals surface area contributed by atoms with Gasteiger partial charge in [0.15, 0.2) is 5.69 Å². The van der Waals surface area contributed by atoms with Gasteiger partial charge in [0.1, 0.15) is 11.6 Å². The average Bonchev–Trinajstić information content (AvgIpc) is 2.58. The Morgan fingerprint density at radius 2 is 1.87 bits per heavy atom. The van der Waals surface area contributed by atoms with Crippen molar-refractivity contribution in [1.82, 2.24) is 4.98 Å². The van der Waals surface area contributed by atoms with Crippen molar-refractivity contribution in [2.24, 2.45) is 0 Å². The van der Waals surface area contributed by atoms with Gasteiger partial charge in [-0.3, -0.25) is 0 Å².